The third-order valence-corrected chi connectivity index (χ3v) is 8.82. The molecule has 2 aromatic rings. The van der Waals surface area contributed by atoms with Crippen LogP contribution in [0.4, 0.5) is 8.78 Å². The van der Waals surface area contributed by atoms with Crippen molar-refractivity contribution in [2.75, 3.05) is 0 Å². The maximum absolute atomic E-state index is 14.7. The fourth-order valence-corrected chi connectivity index (χ4v) is 6.47. The third kappa shape index (κ3) is 8.63. The zero-order chi connectivity index (χ0) is 26.8. The molecule has 0 N–H and O–H groups in total. The van der Waals surface area contributed by atoms with E-state index in [1.807, 2.05) is 36.4 Å². The Morgan fingerprint density at radius 2 is 1.29 bits per heavy atom. The lowest BCUT2D eigenvalue weighted by atomic mass is 9.77. The number of ether oxygens (including phenoxy) is 1. The minimum absolute atomic E-state index is 0.0709. The van der Waals surface area contributed by atoms with E-state index in [9.17, 15) is 8.78 Å². The minimum Gasteiger partial charge on any atom is -0.315 e. The predicted molar refractivity (Wildman–Crippen MR) is 155 cm³/mol. The molecule has 0 spiro atoms. The molecule has 2 aromatic carbocycles. The number of benzene rings is 2. The van der Waals surface area contributed by atoms with Crippen LogP contribution in [0.1, 0.15) is 112 Å². The molecule has 2 saturated carbocycles. The van der Waals surface area contributed by atoms with Crippen molar-refractivity contribution in [2.45, 2.75) is 109 Å². The van der Waals surface area contributed by atoms with Gasteiger partial charge in [-0.15, -0.1) is 0 Å². The number of allylic oxidation sites excluding steroid dienone is 4. The summed E-state index contributed by atoms with van der Waals surface area (Å²) < 4.78 is 34.4. The molecule has 0 radical (unpaired) electrons. The zero-order valence-electron chi connectivity index (χ0n) is 23.4. The molecule has 2 fully saturated rings. The van der Waals surface area contributed by atoms with E-state index in [-0.39, 0.29) is 6.61 Å². The lowest BCUT2D eigenvalue weighted by Crippen LogP contribution is -2.23. The van der Waals surface area contributed by atoms with Crippen LogP contribution in [0.25, 0.3) is 0 Å². The summed E-state index contributed by atoms with van der Waals surface area (Å²) >= 11 is 0. The molecule has 0 aliphatic heterocycles. The highest BCUT2D eigenvalue weighted by molar-refractivity contribution is 5.27. The number of halogens is 2. The SMILES string of the molecule is C/C=C/CCC1CCC(c2ccc(COC(F)(F)Cc3ccc(C4CCC(/C=C/C)CC4)cc3)cc2)CC1. The number of alkyl halides is 2. The van der Waals surface area contributed by atoms with Crippen molar-refractivity contribution < 1.29 is 13.5 Å². The van der Waals surface area contributed by atoms with E-state index < -0.39 is 12.5 Å². The van der Waals surface area contributed by atoms with Crippen LogP contribution in [0.3, 0.4) is 0 Å². The molecule has 206 valence electrons. The topological polar surface area (TPSA) is 9.23 Å². The van der Waals surface area contributed by atoms with Crippen molar-refractivity contribution in [3.8, 4) is 0 Å². The number of rotatable bonds is 11. The Labute approximate surface area is 229 Å². The highest BCUT2D eigenvalue weighted by atomic mass is 19.3. The fourth-order valence-electron chi connectivity index (χ4n) is 6.47. The van der Waals surface area contributed by atoms with Gasteiger partial charge in [0.05, 0.1) is 13.0 Å². The Morgan fingerprint density at radius 1 is 0.737 bits per heavy atom. The monoisotopic (exact) mass is 520 g/mol. The quantitative estimate of drug-likeness (QED) is 0.268. The van der Waals surface area contributed by atoms with Gasteiger partial charge in [0.15, 0.2) is 0 Å². The van der Waals surface area contributed by atoms with Crippen molar-refractivity contribution in [1.29, 1.82) is 0 Å². The Balaban J connectivity index is 1.21. The molecule has 0 unspecified atom stereocenters. The summed E-state index contributed by atoms with van der Waals surface area (Å²) in [5, 5.41) is 0. The highest BCUT2D eigenvalue weighted by Gasteiger charge is 2.31. The molecule has 2 aliphatic rings. The molecular formula is C35H46F2O. The first-order valence-corrected chi connectivity index (χ1v) is 14.9. The van der Waals surface area contributed by atoms with Crippen molar-refractivity contribution >= 4 is 0 Å². The van der Waals surface area contributed by atoms with Gasteiger partial charge < -0.3 is 4.74 Å². The summed E-state index contributed by atoms with van der Waals surface area (Å²) in [6.07, 6.45) is 17.6. The fraction of sp³-hybridized carbons (Fsp3) is 0.543. The molecule has 0 atom stereocenters. The first-order chi connectivity index (χ1) is 18.5. The van der Waals surface area contributed by atoms with Gasteiger partial charge in [-0.1, -0.05) is 72.8 Å². The van der Waals surface area contributed by atoms with E-state index in [1.54, 1.807) is 0 Å². The Kier molecular flexibility index (Phi) is 10.8. The van der Waals surface area contributed by atoms with E-state index >= 15 is 0 Å². The molecule has 4 rings (SSSR count). The van der Waals surface area contributed by atoms with Gasteiger partial charge in [0, 0.05) is 0 Å². The van der Waals surface area contributed by atoms with Crippen LogP contribution >= 0.6 is 0 Å². The molecule has 2 aliphatic carbocycles. The Morgan fingerprint density at radius 3 is 1.84 bits per heavy atom. The van der Waals surface area contributed by atoms with E-state index in [1.165, 1.54) is 75.3 Å². The molecule has 0 heterocycles. The maximum Gasteiger partial charge on any atom is 0.360 e. The van der Waals surface area contributed by atoms with Gasteiger partial charge in [0.25, 0.3) is 0 Å². The van der Waals surface area contributed by atoms with E-state index in [0.29, 0.717) is 23.3 Å². The average Bonchev–Trinajstić information content (AvgIpc) is 2.94. The second kappa shape index (κ2) is 14.2. The predicted octanol–water partition coefficient (Wildman–Crippen LogP) is 10.5. The summed E-state index contributed by atoms with van der Waals surface area (Å²) in [6, 6.07) is 16.0. The van der Waals surface area contributed by atoms with Crippen molar-refractivity contribution in [1.82, 2.24) is 0 Å². The summed E-state index contributed by atoms with van der Waals surface area (Å²) in [4.78, 5) is 0. The van der Waals surface area contributed by atoms with Crippen LogP contribution in [-0.2, 0) is 17.8 Å². The Hall–Kier alpha value is -2.26. The van der Waals surface area contributed by atoms with Crippen molar-refractivity contribution in [3.63, 3.8) is 0 Å². The summed E-state index contributed by atoms with van der Waals surface area (Å²) in [5.74, 6) is 2.68. The number of hydrogen-bond donors (Lipinski definition) is 0. The van der Waals surface area contributed by atoms with Crippen LogP contribution < -0.4 is 0 Å². The van der Waals surface area contributed by atoms with E-state index in [4.69, 9.17) is 4.74 Å². The van der Waals surface area contributed by atoms with Crippen LogP contribution in [0.15, 0.2) is 72.8 Å². The van der Waals surface area contributed by atoms with Gasteiger partial charge in [0.1, 0.15) is 0 Å². The molecule has 1 nitrogen and oxygen atoms in total. The first kappa shape index (κ1) is 28.7. The zero-order valence-corrected chi connectivity index (χ0v) is 23.4. The van der Waals surface area contributed by atoms with Gasteiger partial charge in [-0.25, -0.2) is 0 Å². The second-order valence-corrected chi connectivity index (χ2v) is 11.6. The van der Waals surface area contributed by atoms with Gasteiger partial charge >= 0.3 is 6.11 Å². The van der Waals surface area contributed by atoms with Gasteiger partial charge in [-0.3, -0.25) is 0 Å². The molecule has 3 heteroatoms. The van der Waals surface area contributed by atoms with Gasteiger partial charge in [-0.05, 0) is 124 Å². The minimum atomic E-state index is -3.18. The standard InChI is InChI=1S/C35H46F2O/c1-3-5-6-8-28-11-19-32(20-12-28)34-23-15-30(16-24-34)26-38-35(36,37)25-29-13-21-33(22-14-29)31-17-9-27(7-4-2)10-18-31/h3-5,7,13-16,21-24,27-28,31-32H,6,8-12,17-20,25-26H2,1-2H3/b5-3+,7-4+. The van der Waals surface area contributed by atoms with E-state index in [0.717, 1.165) is 11.5 Å². The molecule has 0 bridgehead atoms. The molecule has 0 saturated heterocycles. The Bertz CT molecular complexity index is 1000. The normalized spacial score (nSPS) is 24.8. The van der Waals surface area contributed by atoms with Crippen molar-refractivity contribution in [3.05, 3.63) is 95.1 Å². The lowest BCUT2D eigenvalue weighted by molar-refractivity contribution is -0.244. The largest absolute Gasteiger partial charge is 0.360 e. The van der Waals surface area contributed by atoms with E-state index in [2.05, 4.69) is 50.3 Å². The van der Waals surface area contributed by atoms with Gasteiger partial charge in [-0.2, -0.15) is 8.78 Å². The van der Waals surface area contributed by atoms with Crippen LogP contribution in [0.5, 0.6) is 0 Å². The molecular weight excluding hydrogens is 474 g/mol. The molecule has 0 amide bonds. The maximum atomic E-state index is 14.7. The second-order valence-electron chi connectivity index (χ2n) is 11.6. The smallest absolute Gasteiger partial charge is 0.315 e. The molecule has 0 aromatic heterocycles. The third-order valence-electron chi connectivity index (χ3n) is 8.82. The summed E-state index contributed by atoms with van der Waals surface area (Å²) in [7, 11) is 0. The van der Waals surface area contributed by atoms with Crippen LogP contribution in [0.2, 0.25) is 0 Å². The summed E-state index contributed by atoms with van der Waals surface area (Å²) in [5.41, 5.74) is 4.04. The average molecular weight is 521 g/mol. The van der Waals surface area contributed by atoms with Gasteiger partial charge in [0.2, 0.25) is 0 Å². The first-order valence-electron chi connectivity index (χ1n) is 14.9. The number of hydrogen-bond acceptors (Lipinski definition) is 1. The van der Waals surface area contributed by atoms with Crippen LogP contribution in [-0.4, -0.2) is 6.11 Å². The molecule has 38 heavy (non-hydrogen) atoms. The van der Waals surface area contributed by atoms with Crippen molar-refractivity contribution in [2.24, 2.45) is 11.8 Å². The lowest BCUT2D eigenvalue weighted by Gasteiger charge is -2.28. The summed E-state index contributed by atoms with van der Waals surface area (Å²) in [6.45, 7) is 4.10. The van der Waals surface area contributed by atoms with Crippen LogP contribution in [0, 0.1) is 11.8 Å². The highest BCUT2D eigenvalue weighted by Crippen LogP contribution is 2.38.